The zero-order chi connectivity index (χ0) is 21.9. The van der Waals surface area contributed by atoms with Crippen LogP contribution < -0.4 is 10.1 Å². The summed E-state index contributed by atoms with van der Waals surface area (Å²) in [6, 6.07) is 10.9. The van der Waals surface area contributed by atoms with E-state index in [1.807, 2.05) is 13.8 Å². The van der Waals surface area contributed by atoms with Crippen LogP contribution in [0.25, 0.3) is 6.08 Å². The Bertz CT molecular complexity index is 939. The lowest BCUT2D eigenvalue weighted by atomic mass is 10.1. The molecule has 0 radical (unpaired) electrons. The Kier molecular flexibility index (Phi) is 8.56. The van der Waals surface area contributed by atoms with Crippen molar-refractivity contribution in [2.24, 2.45) is 0 Å². The Morgan fingerprint density at radius 2 is 1.87 bits per heavy atom. The maximum absolute atomic E-state index is 12.2. The van der Waals surface area contributed by atoms with Gasteiger partial charge in [-0.15, -0.1) is 0 Å². The molecule has 158 valence electrons. The third kappa shape index (κ3) is 6.73. The molecule has 0 aromatic heterocycles. The van der Waals surface area contributed by atoms with E-state index in [0.29, 0.717) is 30.0 Å². The average molecular weight is 412 g/mol. The second-order valence-electron chi connectivity index (χ2n) is 6.37. The number of nitrogens with zero attached hydrogens (tertiary/aromatic N) is 1. The summed E-state index contributed by atoms with van der Waals surface area (Å²) >= 11 is 0. The van der Waals surface area contributed by atoms with Crippen LogP contribution in [-0.2, 0) is 9.53 Å². The van der Waals surface area contributed by atoms with Crippen molar-refractivity contribution in [1.82, 2.24) is 0 Å². The Morgan fingerprint density at radius 3 is 2.57 bits per heavy atom. The number of ether oxygens (including phenoxy) is 2. The molecular weight excluding hydrogens is 388 g/mol. The molecule has 2 aromatic rings. The number of carbonyl (C=O) groups excluding carboxylic acids is 2. The highest BCUT2D eigenvalue weighted by Crippen LogP contribution is 2.28. The number of nitro groups is 1. The molecule has 0 bridgehead atoms. The third-order valence-electron chi connectivity index (χ3n) is 3.87. The highest BCUT2D eigenvalue weighted by molar-refractivity contribution is 6.02. The molecule has 0 unspecified atom stereocenters. The predicted molar refractivity (Wildman–Crippen MR) is 114 cm³/mol. The molecule has 0 fully saturated rings. The molecule has 8 nitrogen and oxygen atoms in total. The van der Waals surface area contributed by atoms with Crippen LogP contribution in [-0.4, -0.2) is 30.0 Å². The Hall–Kier alpha value is -3.68. The van der Waals surface area contributed by atoms with Gasteiger partial charge < -0.3 is 14.8 Å². The van der Waals surface area contributed by atoms with Crippen molar-refractivity contribution in [2.75, 3.05) is 18.5 Å². The SMILES string of the molecule is CCCOC(=O)c1cccc(NC(=O)/C=C/c2ccc(OCCC)c([N+](=O)[O-])c2)c1. The van der Waals surface area contributed by atoms with E-state index in [4.69, 9.17) is 9.47 Å². The van der Waals surface area contributed by atoms with E-state index in [1.165, 1.54) is 30.4 Å². The first-order chi connectivity index (χ1) is 14.4. The van der Waals surface area contributed by atoms with Crippen LogP contribution in [0.2, 0.25) is 0 Å². The highest BCUT2D eigenvalue weighted by atomic mass is 16.6. The minimum absolute atomic E-state index is 0.163. The van der Waals surface area contributed by atoms with Gasteiger partial charge >= 0.3 is 11.7 Å². The second kappa shape index (κ2) is 11.4. The summed E-state index contributed by atoms with van der Waals surface area (Å²) in [5, 5.41) is 13.9. The van der Waals surface area contributed by atoms with Gasteiger partial charge in [-0.3, -0.25) is 14.9 Å². The van der Waals surface area contributed by atoms with Crippen LogP contribution in [0.15, 0.2) is 48.5 Å². The van der Waals surface area contributed by atoms with Crippen molar-refractivity contribution in [2.45, 2.75) is 26.7 Å². The summed E-state index contributed by atoms with van der Waals surface area (Å²) in [6.45, 7) is 4.51. The quantitative estimate of drug-likeness (QED) is 0.264. The van der Waals surface area contributed by atoms with E-state index in [9.17, 15) is 19.7 Å². The number of hydrogen-bond acceptors (Lipinski definition) is 6. The number of benzene rings is 2. The van der Waals surface area contributed by atoms with Crippen LogP contribution >= 0.6 is 0 Å². The molecule has 0 saturated carbocycles. The zero-order valence-electron chi connectivity index (χ0n) is 16.9. The van der Waals surface area contributed by atoms with Gasteiger partial charge in [-0.05, 0) is 48.7 Å². The van der Waals surface area contributed by atoms with Crippen LogP contribution in [0.3, 0.4) is 0 Å². The van der Waals surface area contributed by atoms with E-state index in [1.54, 1.807) is 24.3 Å². The number of nitrogens with one attached hydrogen (secondary N) is 1. The van der Waals surface area contributed by atoms with Gasteiger partial charge in [-0.25, -0.2) is 4.79 Å². The molecule has 2 rings (SSSR count). The van der Waals surface area contributed by atoms with E-state index < -0.39 is 16.8 Å². The Labute approximate surface area is 174 Å². The van der Waals surface area contributed by atoms with Gasteiger partial charge in [0.25, 0.3) is 0 Å². The first-order valence-corrected chi connectivity index (χ1v) is 9.62. The van der Waals surface area contributed by atoms with E-state index in [2.05, 4.69) is 5.32 Å². The molecule has 1 amide bonds. The first kappa shape index (κ1) is 22.6. The minimum atomic E-state index is -0.522. The molecule has 0 atom stereocenters. The summed E-state index contributed by atoms with van der Waals surface area (Å²) < 4.78 is 10.5. The van der Waals surface area contributed by atoms with Crippen molar-refractivity contribution >= 4 is 29.3 Å². The summed E-state index contributed by atoms with van der Waals surface area (Å²) in [5.41, 5.74) is 1.09. The number of hydrogen-bond donors (Lipinski definition) is 1. The van der Waals surface area contributed by atoms with E-state index in [-0.39, 0.29) is 11.4 Å². The summed E-state index contributed by atoms with van der Waals surface area (Å²) in [7, 11) is 0. The first-order valence-electron chi connectivity index (χ1n) is 9.62. The molecule has 0 aliphatic heterocycles. The number of esters is 1. The monoisotopic (exact) mass is 412 g/mol. The Balaban J connectivity index is 2.06. The van der Waals surface area contributed by atoms with Crippen molar-refractivity contribution in [3.63, 3.8) is 0 Å². The Morgan fingerprint density at radius 1 is 1.10 bits per heavy atom. The van der Waals surface area contributed by atoms with Crippen molar-refractivity contribution in [3.8, 4) is 5.75 Å². The van der Waals surface area contributed by atoms with Crippen LogP contribution in [0, 0.1) is 10.1 Å². The van der Waals surface area contributed by atoms with Crippen LogP contribution in [0.5, 0.6) is 5.75 Å². The van der Waals surface area contributed by atoms with E-state index in [0.717, 1.165) is 12.8 Å². The summed E-state index contributed by atoms with van der Waals surface area (Å²) in [4.78, 5) is 34.8. The molecular formula is C22H24N2O6. The lowest BCUT2D eigenvalue weighted by molar-refractivity contribution is -0.385. The maximum Gasteiger partial charge on any atom is 0.338 e. The summed E-state index contributed by atoms with van der Waals surface area (Å²) in [5.74, 6) is -0.709. The lowest BCUT2D eigenvalue weighted by Gasteiger charge is -2.07. The molecule has 0 aliphatic rings. The fourth-order valence-electron chi connectivity index (χ4n) is 2.47. The standard InChI is InChI=1S/C22H24N2O6/c1-3-12-29-20-10-8-16(14-19(20)24(27)28)9-11-21(25)23-18-7-5-6-17(15-18)22(26)30-13-4-2/h5-11,14-15H,3-4,12-13H2,1-2H3,(H,23,25)/b11-9+. The number of amides is 1. The van der Waals surface area contributed by atoms with Gasteiger partial charge in [-0.2, -0.15) is 0 Å². The molecule has 8 heteroatoms. The van der Waals surface area contributed by atoms with Crippen molar-refractivity contribution in [1.29, 1.82) is 0 Å². The second-order valence-corrected chi connectivity index (χ2v) is 6.37. The normalized spacial score (nSPS) is 10.6. The molecule has 0 saturated heterocycles. The van der Waals surface area contributed by atoms with Crippen molar-refractivity contribution in [3.05, 3.63) is 69.8 Å². The fraction of sp³-hybridized carbons (Fsp3) is 0.273. The zero-order valence-corrected chi connectivity index (χ0v) is 16.9. The molecule has 0 heterocycles. The molecule has 30 heavy (non-hydrogen) atoms. The van der Waals surface area contributed by atoms with Crippen LogP contribution in [0.4, 0.5) is 11.4 Å². The number of rotatable bonds is 10. The van der Waals surface area contributed by atoms with Gasteiger partial charge in [0, 0.05) is 17.8 Å². The summed E-state index contributed by atoms with van der Waals surface area (Å²) in [6.07, 6.45) is 4.17. The van der Waals surface area contributed by atoms with Gasteiger partial charge in [0.05, 0.1) is 23.7 Å². The predicted octanol–water partition coefficient (Wildman–Crippen LogP) is 4.60. The largest absolute Gasteiger partial charge is 0.487 e. The highest BCUT2D eigenvalue weighted by Gasteiger charge is 2.15. The fourth-order valence-corrected chi connectivity index (χ4v) is 2.47. The smallest absolute Gasteiger partial charge is 0.338 e. The minimum Gasteiger partial charge on any atom is -0.487 e. The topological polar surface area (TPSA) is 108 Å². The van der Waals surface area contributed by atoms with E-state index >= 15 is 0 Å². The molecule has 0 spiro atoms. The number of anilines is 1. The van der Waals surface area contributed by atoms with Gasteiger partial charge in [0.15, 0.2) is 5.75 Å². The molecule has 0 aliphatic carbocycles. The number of carbonyl (C=O) groups is 2. The lowest BCUT2D eigenvalue weighted by Crippen LogP contribution is -2.10. The third-order valence-corrected chi connectivity index (χ3v) is 3.87. The maximum atomic E-state index is 12.2. The van der Waals surface area contributed by atoms with Crippen molar-refractivity contribution < 1.29 is 24.0 Å². The number of nitro benzene ring substituents is 1. The van der Waals surface area contributed by atoms with Gasteiger partial charge in [-0.1, -0.05) is 26.0 Å². The average Bonchev–Trinajstić information content (AvgIpc) is 2.74. The van der Waals surface area contributed by atoms with Gasteiger partial charge in [0.2, 0.25) is 5.91 Å². The van der Waals surface area contributed by atoms with Gasteiger partial charge in [0.1, 0.15) is 0 Å². The molecule has 2 aromatic carbocycles. The molecule has 1 N–H and O–H groups in total. The van der Waals surface area contributed by atoms with Crippen LogP contribution in [0.1, 0.15) is 42.6 Å².